The number of allylic oxidation sites excluding steroid dienone is 1. The van der Waals surface area contributed by atoms with E-state index in [-0.39, 0.29) is 0 Å². The Labute approximate surface area is 85.3 Å². The van der Waals surface area contributed by atoms with E-state index in [1.807, 2.05) is 0 Å². The first-order valence-corrected chi connectivity index (χ1v) is 10.8. The van der Waals surface area contributed by atoms with Crippen LogP contribution in [0.15, 0.2) is 24.1 Å². The predicted octanol–water partition coefficient (Wildman–Crippen LogP) is 3.17. The zero-order chi connectivity index (χ0) is 10.7. The second-order valence-electron chi connectivity index (χ2n) is 4.66. The lowest BCUT2D eigenvalue weighted by Crippen LogP contribution is -2.58. The van der Waals surface area contributed by atoms with Gasteiger partial charge in [0.2, 0.25) is 0 Å². The van der Waals surface area contributed by atoms with Crippen molar-refractivity contribution >= 4 is 16.5 Å². The largest absolute Gasteiger partial charge is 0.342 e. The van der Waals surface area contributed by atoms with Gasteiger partial charge in [0.25, 0.3) is 0 Å². The number of nitrogens with zero attached hydrogens (tertiary/aromatic N) is 1. The lowest BCUT2D eigenvalue weighted by Gasteiger charge is -2.41. The molecule has 1 nitrogen and oxygen atoms in total. The summed E-state index contributed by atoms with van der Waals surface area (Å²) in [6.07, 6.45) is 2.16. The zero-order valence-corrected chi connectivity index (χ0v) is 11.9. The van der Waals surface area contributed by atoms with Crippen molar-refractivity contribution < 1.29 is 0 Å². The maximum Gasteiger partial charge on any atom is 0.167 e. The molecule has 3 heteroatoms. The highest BCUT2D eigenvalue weighted by atomic mass is 28.4. The minimum absolute atomic E-state index is 1.18. The highest BCUT2D eigenvalue weighted by molar-refractivity contribution is 6.95. The summed E-state index contributed by atoms with van der Waals surface area (Å²) >= 11 is 0. The van der Waals surface area contributed by atoms with E-state index in [9.17, 15) is 0 Å². The first kappa shape index (κ1) is 12.9. The van der Waals surface area contributed by atoms with Gasteiger partial charge in [-0.3, -0.25) is 0 Å². The quantitative estimate of drug-likeness (QED) is 0.649. The molecule has 0 aliphatic carbocycles. The van der Waals surface area contributed by atoms with Crippen molar-refractivity contribution in [2.75, 3.05) is 7.05 Å². The smallest absolute Gasteiger partial charge is 0.167 e. The van der Waals surface area contributed by atoms with Crippen molar-refractivity contribution in [3.63, 3.8) is 0 Å². The number of rotatable bonds is 4. The highest BCUT2D eigenvalue weighted by Gasteiger charge is 2.34. The molecule has 0 saturated heterocycles. The average molecular weight is 213 g/mol. The Hall–Kier alpha value is -0.126. The molecule has 0 aliphatic heterocycles. The van der Waals surface area contributed by atoms with Gasteiger partial charge in [0.05, 0.1) is 0 Å². The van der Waals surface area contributed by atoms with E-state index in [1.165, 1.54) is 0 Å². The summed E-state index contributed by atoms with van der Waals surface area (Å²) in [5, 5.41) is 0. The molecule has 0 aromatic rings. The van der Waals surface area contributed by atoms with Crippen molar-refractivity contribution in [3.05, 3.63) is 24.1 Å². The van der Waals surface area contributed by atoms with Crippen LogP contribution in [0.2, 0.25) is 26.2 Å². The van der Waals surface area contributed by atoms with Gasteiger partial charge in [0, 0.05) is 0 Å². The predicted molar refractivity (Wildman–Crippen MR) is 67.7 cm³/mol. The van der Waals surface area contributed by atoms with Gasteiger partial charge in [-0.2, -0.15) is 0 Å². The summed E-state index contributed by atoms with van der Waals surface area (Å²) in [4.78, 5) is 0. The van der Waals surface area contributed by atoms with Crippen LogP contribution in [0.3, 0.4) is 0 Å². The Morgan fingerprint density at radius 2 is 1.62 bits per heavy atom. The summed E-state index contributed by atoms with van der Waals surface area (Å²) in [6, 6.07) is 0. The van der Waals surface area contributed by atoms with Crippen LogP contribution in [0.4, 0.5) is 0 Å². The van der Waals surface area contributed by atoms with Gasteiger partial charge in [-0.15, -0.1) is 6.58 Å². The Morgan fingerprint density at radius 3 is 1.85 bits per heavy atom. The van der Waals surface area contributed by atoms with Crippen molar-refractivity contribution in [3.8, 4) is 0 Å². The summed E-state index contributed by atoms with van der Waals surface area (Å²) in [5.41, 5.74) is 4.50. The molecule has 0 spiro atoms. The van der Waals surface area contributed by atoms with Crippen molar-refractivity contribution in [1.29, 1.82) is 0 Å². The van der Waals surface area contributed by atoms with Crippen LogP contribution < -0.4 is 0 Å². The molecule has 1 atom stereocenters. The van der Waals surface area contributed by atoms with E-state index in [0.29, 0.717) is 0 Å². The molecule has 0 rings (SSSR count). The summed E-state index contributed by atoms with van der Waals surface area (Å²) < 4.78 is 2.59. The average Bonchev–Trinajstić information content (AvgIpc) is 2.02. The van der Waals surface area contributed by atoms with Crippen molar-refractivity contribution in [2.45, 2.75) is 33.1 Å². The molecule has 0 fully saturated rings. The van der Waals surface area contributed by atoms with Gasteiger partial charge in [0.15, 0.2) is 8.24 Å². The molecule has 0 radical (unpaired) electrons. The normalized spacial score (nSPS) is 17.8. The summed E-state index contributed by atoms with van der Waals surface area (Å²) in [5.74, 6) is 0. The highest BCUT2D eigenvalue weighted by Crippen LogP contribution is 2.19. The SMILES string of the molecule is C=C[Si](C)(C=CC)N(C)[Si](C)(C)C. The van der Waals surface area contributed by atoms with E-state index in [1.54, 1.807) is 0 Å². The molecule has 0 N–H and O–H groups in total. The van der Waals surface area contributed by atoms with Crippen LogP contribution in [0, 0.1) is 0 Å². The third-order valence-corrected chi connectivity index (χ3v) is 11.4. The van der Waals surface area contributed by atoms with E-state index in [2.05, 4.69) is 68.4 Å². The molecular formula is C10H23NSi2. The minimum Gasteiger partial charge on any atom is -0.342 e. The molecule has 0 aliphatic rings. The monoisotopic (exact) mass is 213 g/mol. The van der Waals surface area contributed by atoms with Crippen LogP contribution >= 0.6 is 0 Å². The fourth-order valence-electron chi connectivity index (χ4n) is 1.38. The lowest BCUT2D eigenvalue weighted by molar-refractivity contribution is 0.771. The molecule has 0 saturated carbocycles. The molecule has 1 unspecified atom stereocenters. The molecular weight excluding hydrogens is 190 g/mol. The van der Waals surface area contributed by atoms with Crippen LogP contribution in [-0.2, 0) is 0 Å². The second-order valence-corrected chi connectivity index (χ2v) is 14.0. The third kappa shape index (κ3) is 3.25. The minimum atomic E-state index is -1.48. The Bertz CT molecular complexity index is 205. The molecule has 76 valence electrons. The van der Waals surface area contributed by atoms with Gasteiger partial charge < -0.3 is 4.23 Å². The lowest BCUT2D eigenvalue weighted by atomic mass is 10.8. The summed E-state index contributed by atoms with van der Waals surface area (Å²) in [7, 11) is -0.415. The molecule has 0 aromatic heterocycles. The van der Waals surface area contributed by atoms with Gasteiger partial charge in [-0.25, -0.2) is 0 Å². The molecule has 0 aromatic carbocycles. The first-order chi connectivity index (χ1) is 5.78. The fourth-order valence-corrected chi connectivity index (χ4v) is 8.96. The van der Waals surface area contributed by atoms with Crippen molar-refractivity contribution in [2.24, 2.45) is 0 Å². The van der Waals surface area contributed by atoms with E-state index >= 15 is 0 Å². The topological polar surface area (TPSA) is 3.24 Å². The standard InChI is InChI=1S/C10H23NSi2/c1-8-10-13(7,9-2)11(3)12(4,5)6/h8-10H,2H2,1,3-7H3. The first-order valence-electron chi connectivity index (χ1n) is 4.79. The third-order valence-electron chi connectivity index (χ3n) is 2.65. The number of hydrogen-bond acceptors (Lipinski definition) is 1. The maximum atomic E-state index is 3.98. The van der Waals surface area contributed by atoms with Gasteiger partial charge in [-0.05, 0) is 20.5 Å². The summed E-state index contributed by atoms with van der Waals surface area (Å²) in [6.45, 7) is 15.6. The fraction of sp³-hybridized carbons (Fsp3) is 0.600. The zero-order valence-electron chi connectivity index (χ0n) is 9.89. The molecule has 0 amide bonds. The Morgan fingerprint density at radius 1 is 1.15 bits per heavy atom. The van der Waals surface area contributed by atoms with Crippen LogP contribution in [0.1, 0.15) is 6.92 Å². The molecule has 13 heavy (non-hydrogen) atoms. The Kier molecular flexibility index (Phi) is 4.35. The van der Waals surface area contributed by atoms with Crippen LogP contribution in [0.5, 0.6) is 0 Å². The number of hydrogen-bond donors (Lipinski definition) is 0. The van der Waals surface area contributed by atoms with E-state index < -0.39 is 16.5 Å². The van der Waals surface area contributed by atoms with Gasteiger partial charge in [-0.1, -0.05) is 37.1 Å². The van der Waals surface area contributed by atoms with Gasteiger partial charge >= 0.3 is 0 Å². The maximum absolute atomic E-state index is 3.98. The molecule has 0 bridgehead atoms. The van der Waals surface area contributed by atoms with E-state index in [0.717, 1.165) is 0 Å². The van der Waals surface area contributed by atoms with E-state index in [4.69, 9.17) is 0 Å². The molecule has 0 heterocycles. The van der Waals surface area contributed by atoms with Gasteiger partial charge in [0.1, 0.15) is 8.24 Å². The van der Waals surface area contributed by atoms with Crippen LogP contribution in [0.25, 0.3) is 0 Å². The van der Waals surface area contributed by atoms with Crippen molar-refractivity contribution in [1.82, 2.24) is 4.23 Å². The van der Waals surface area contributed by atoms with Crippen LogP contribution in [-0.4, -0.2) is 27.7 Å². The second kappa shape index (κ2) is 4.39. The Balaban J connectivity index is 4.87.